The minimum atomic E-state index is 0.272. The molecule has 4 nitrogen and oxygen atoms in total. The standard InChI is InChI=1S/C14H17N3O/c15-9-12-3-4-13(10-16-12)18-11-14-5-1-7-17(14)8-2-6-14/h3-4,10H,1-2,5-8,11H2. The highest BCUT2D eigenvalue weighted by Gasteiger charge is 2.44. The van der Waals surface area contributed by atoms with Crippen LogP contribution in [-0.2, 0) is 0 Å². The van der Waals surface area contributed by atoms with Gasteiger partial charge in [0.05, 0.1) is 11.7 Å². The summed E-state index contributed by atoms with van der Waals surface area (Å²) in [6, 6.07) is 5.54. The van der Waals surface area contributed by atoms with Crippen molar-refractivity contribution in [1.82, 2.24) is 9.88 Å². The van der Waals surface area contributed by atoms with Crippen LogP contribution in [-0.4, -0.2) is 35.1 Å². The van der Waals surface area contributed by atoms with E-state index in [4.69, 9.17) is 10.00 Å². The largest absolute Gasteiger partial charge is 0.490 e. The second-order valence-corrected chi connectivity index (χ2v) is 5.20. The maximum atomic E-state index is 8.69. The predicted octanol–water partition coefficient (Wildman–Crippen LogP) is 1.96. The van der Waals surface area contributed by atoms with Gasteiger partial charge in [0.1, 0.15) is 24.1 Å². The number of fused-ring (bicyclic) bond motifs is 1. The minimum Gasteiger partial charge on any atom is -0.490 e. The molecule has 3 rings (SSSR count). The monoisotopic (exact) mass is 243 g/mol. The van der Waals surface area contributed by atoms with E-state index >= 15 is 0 Å². The second-order valence-electron chi connectivity index (χ2n) is 5.20. The molecular weight excluding hydrogens is 226 g/mol. The molecule has 4 heteroatoms. The molecule has 0 bridgehead atoms. The second kappa shape index (κ2) is 4.58. The minimum absolute atomic E-state index is 0.272. The van der Waals surface area contributed by atoms with Crippen LogP contribution in [0.25, 0.3) is 0 Å². The van der Waals surface area contributed by atoms with Gasteiger partial charge in [-0.25, -0.2) is 4.98 Å². The van der Waals surface area contributed by atoms with Crippen LogP contribution in [0.1, 0.15) is 31.4 Å². The summed E-state index contributed by atoms with van der Waals surface area (Å²) in [5.74, 6) is 0.766. The van der Waals surface area contributed by atoms with Gasteiger partial charge < -0.3 is 4.74 Å². The first-order chi connectivity index (χ1) is 8.82. The van der Waals surface area contributed by atoms with Crippen LogP contribution in [0.2, 0.25) is 0 Å². The van der Waals surface area contributed by atoms with Gasteiger partial charge in [-0.2, -0.15) is 5.26 Å². The normalized spacial score (nSPS) is 21.5. The van der Waals surface area contributed by atoms with Crippen LogP contribution in [0.15, 0.2) is 18.3 Å². The van der Waals surface area contributed by atoms with E-state index in [0.29, 0.717) is 5.69 Å². The lowest BCUT2D eigenvalue weighted by Gasteiger charge is -2.31. The van der Waals surface area contributed by atoms with Crippen LogP contribution < -0.4 is 4.74 Å². The third-order valence-electron chi connectivity index (χ3n) is 4.17. The fourth-order valence-electron chi connectivity index (χ4n) is 3.21. The van der Waals surface area contributed by atoms with Crippen molar-refractivity contribution >= 4 is 0 Å². The molecule has 2 aliphatic heterocycles. The SMILES string of the molecule is N#Cc1ccc(OCC23CCCN2CCC3)cn1. The average molecular weight is 243 g/mol. The molecule has 0 N–H and O–H groups in total. The van der Waals surface area contributed by atoms with Gasteiger partial charge >= 0.3 is 0 Å². The molecular formula is C14H17N3O. The van der Waals surface area contributed by atoms with E-state index in [0.717, 1.165) is 12.4 Å². The third-order valence-corrected chi connectivity index (χ3v) is 4.17. The molecule has 3 heterocycles. The van der Waals surface area contributed by atoms with E-state index in [2.05, 4.69) is 9.88 Å². The van der Waals surface area contributed by atoms with Gasteiger partial charge in [-0.3, -0.25) is 4.90 Å². The topological polar surface area (TPSA) is 49.1 Å². The maximum Gasteiger partial charge on any atom is 0.140 e. The molecule has 2 aliphatic rings. The number of pyridine rings is 1. The maximum absolute atomic E-state index is 8.69. The Morgan fingerprint density at radius 2 is 2.11 bits per heavy atom. The Balaban J connectivity index is 1.65. The van der Waals surface area contributed by atoms with Crippen LogP contribution >= 0.6 is 0 Å². The summed E-state index contributed by atoms with van der Waals surface area (Å²) < 4.78 is 5.88. The Hall–Kier alpha value is -1.60. The zero-order valence-electron chi connectivity index (χ0n) is 10.4. The van der Waals surface area contributed by atoms with Crippen LogP contribution in [0.5, 0.6) is 5.75 Å². The number of nitrogens with zero attached hydrogens (tertiary/aromatic N) is 3. The van der Waals surface area contributed by atoms with Crippen molar-refractivity contribution in [3.05, 3.63) is 24.0 Å². The van der Waals surface area contributed by atoms with Crippen molar-refractivity contribution in [1.29, 1.82) is 5.26 Å². The van der Waals surface area contributed by atoms with Crippen molar-refractivity contribution in [2.45, 2.75) is 31.2 Å². The molecule has 0 aliphatic carbocycles. The van der Waals surface area contributed by atoms with Gasteiger partial charge in [0.15, 0.2) is 0 Å². The zero-order valence-corrected chi connectivity index (χ0v) is 10.4. The van der Waals surface area contributed by atoms with Crippen molar-refractivity contribution in [3.8, 4) is 11.8 Å². The van der Waals surface area contributed by atoms with E-state index in [1.807, 2.05) is 12.1 Å². The van der Waals surface area contributed by atoms with E-state index in [1.54, 1.807) is 12.3 Å². The molecule has 1 aromatic heterocycles. The Morgan fingerprint density at radius 3 is 2.72 bits per heavy atom. The van der Waals surface area contributed by atoms with Gasteiger partial charge in [0.2, 0.25) is 0 Å². The Bertz CT molecular complexity index is 453. The summed E-state index contributed by atoms with van der Waals surface area (Å²) in [4.78, 5) is 6.60. The first-order valence-electron chi connectivity index (χ1n) is 6.56. The van der Waals surface area contributed by atoms with Crippen LogP contribution in [0, 0.1) is 11.3 Å². The molecule has 0 amide bonds. The third kappa shape index (κ3) is 1.95. The number of rotatable bonds is 3. The Labute approximate surface area is 107 Å². The van der Waals surface area contributed by atoms with Crippen molar-refractivity contribution < 1.29 is 4.74 Å². The molecule has 2 fully saturated rings. The van der Waals surface area contributed by atoms with Gasteiger partial charge in [-0.05, 0) is 50.9 Å². The molecule has 18 heavy (non-hydrogen) atoms. The number of hydrogen-bond donors (Lipinski definition) is 0. The van der Waals surface area contributed by atoms with Crippen molar-refractivity contribution in [2.75, 3.05) is 19.7 Å². The summed E-state index contributed by atoms with van der Waals surface area (Å²) in [5, 5.41) is 8.69. The molecule has 0 aromatic carbocycles. The molecule has 0 unspecified atom stereocenters. The quantitative estimate of drug-likeness (QED) is 0.814. The van der Waals surface area contributed by atoms with Gasteiger partial charge in [-0.15, -0.1) is 0 Å². The van der Waals surface area contributed by atoms with E-state index < -0.39 is 0 Å². The zero-order chi connectivity index (χ0) is 12.4. The highest BCUT2D eigenvalue weighted by atomic mass is 16.5. The molecule has 0 atom stereocenters. The van der Waals surface area contributed by atoms with Gasteiger partial charge in [-0.1, -0.05) is 0 Å². The smallest absolute Gasteiger partial charge is 0.140 e. The van der Waals surface area contributed by atoms with Crippen LogP contribution in [0.4, 0.5) is 0 Å². The van der Waals surface area contributed by atoms with E-state index in [9.17, 15) is 0 Å². The first-order valence-corrected chi connectivity index (χ1v) is 6.56. The summed E-state index contributed by atoms with van der Waals surface area (Å²) in [6.45, 7) is 3.19. The fourth-order valence-corrected chi connectivity index (χ4v) is 3.21. The average Bonchev–Trinajstić information content (AvgIpc) is 2.96. The number of aromatic nitrogens is 1. The number of ether oxygens (including phenoxy) is 1. The van der Waals surface area contributed by atoms with Crippen molar-refractivity contribution in [3.63, 3.8) is 0 Å². The van der Waals surface area contributed by atoms with Gasteiger partial charge in [0.25, 0.3) is 0 Å². The lowest BCUT2D eigenvalue weighted by atomic mass is 9.95. The first kappa shape index (κ1) is 11.5. The number of nitriles is 1. The highest BCUT2D eigenvalue weighted by Crippen LogP contribution is 2.38. The molecule has 0 radical (unpaired) electrons. The molecule has 2 saturated heterocycles. The Morgan fingerprint density at radius 1 is 1.33 bits per heavy atom. The summed E-state index contributed by atoms with van der Waals surface area (Å²) >= 11 is 0. The summed E-state index contributed by atoms with van der Waals surface area (Å²) in [7, 11) is 0. The predicted molar refractivity (Wildman–Crippen MR) is 67.2 cm³/mol. The Kier molecular flexibility index (Phi) is 2.92. The number of hydrogen-bond acceptors (Lipinski definition) is 4. The van der Waals surface area contributed by atoms with E-state index in [1.165, 1.54) is 38.8 Å². The fraction of sp³-hybridized carbons (Fsp3) is 0.571. The molecule has 1 aromatic rings. The molecule has 94 valence electrons. The lowest BCUT2D eigenvalue weighted by molar-refractivity contribution is 0.113. The summed E-state index contributed by atoms with van der Waals surface area (Å²) in [5.41, 5.74) is 0.706. The molecule has 0 spiro atoms. The van der Waals surface area contributed by atoms with Gasteiger partial charge in [0, 0.05) is 0 Å². The van der Waals surface area contributed by atoms with Crippen molar-refractivity contribution in [2.24, 2.45) is 0 Å². The van der Waals surface area contributed by atoms with Crippen LogP contribution in [0.3, 0.4) is 0 Å². The lowest BCUT2D eigenvalue weighted by Crippen LogP contribution is -2.43. The van der Waals surface area contributed by atoms with E-state index in [-0.39, 0.29) is 5.54 Å². The summed E-state index contributed by atoms with van der Waals surface area (Å²) in [6.07, 6.45) is 6.71. The highest BCUT2D eigenvalue weighted by molar-refractivity contribution is 5.26. The molecule has 0 saturated carbocycles.